The summed E-state index contributed by atoms with van der Waals surface area (Å²) in [5, 5.41) is 0.256. The molecule has 3 rings (SSSR count). The summed E-state index contributed by atoms with van der Waals surface area (Å²) in [6, 6.07) is 5.22. The van der Waals surface area contributed by atoms with Crippen LogP contribution in [0.4, 0.5) is 4.39 Å². The molecule has 1 aliphatic carbocycles. The lowest BCUT2D eigenvalue weighted by Gasteiger charge is -2.14. The van der Waals surface area contributed by atoms with E-state index in [2.05, 4.69) is 0 Å². The van der Waals surface area contributed by atoms with Crippen LogP contribution in [0.2, 0.25) is 0 Å². The van der Waals surface area contributed by atoms with Gasteiger partial charge in [-0.3, -0.25) is 0 Å². The molecule has 1 aromatic rings. The molecule has 1 saturated carbocycles. The van der Waals surface area contributed by atoms with Gasteiger partial charge < -0.3 is 4.74 Å². The number of hydrogen-bond acceptors (Lipinski definition) is 1. The molecular formula is C13H14ClFO. The second-order valence-corrected chi connectivity index (χ2v) is 5.29. The lowest BCUT2D eigenvalue weighted by Crippen LogP contribution is -2.16. The second kappa shape index (κ2) is 3.92. The number of ether oxygens (including phenoxy) is 1. The van der Waals surface area contributed by atoms with Crippen molar-refractivity contribution in [3.63, 3.8) is 0 Å². The molecule has 0 amide bonds. The fourth-order valence-electron chi connectivity index (χ4n) is 2.83. The van der Waals surface area contributed by atoms with Crippen LogP contribution in [0.3, 0.4) is 0 Å². The van der Waals surface area contributed by atoms with E-state index in [-0.39, 0.29) is 17.3 Å². The number of halogens is 2. The Labute approximate surface area is 99.6 Å². The molecule has 1 aliphatic heterocycles. The van der Waals surface area contributed by atoms with E-state index in [1.54, 1.807) is 6.07 Å². The third-order valence-corrected chi connectivity index (χ3v) is 4.11. The van der Waals surface area contributed by atoms with Crippen LogP contribution >= 0.6 is 11.6 Å². The van der Waals surface area contributed by atoms with Crippen LogP contribution in [-0.4, -0.2) is 11.5 Å². The van der Waals surface area contributed by atoms with Gasteiger partial charge in [-0.05, 0) is 31.7 Å². The monoisotopic (exact) mass is 240 g/mol. The van der Waals surface area contributed by atoms with Crippen LogP contribution in [0, 0.1) is 5.82 Å². The Morgan fingerprint density at radius 1 is 1.19 bits per heavy atom. The second-order valence-electron chi connectivity index (χ2n) is 4.67. The summed E-state index contributed by atoms with van der Waals surface area (Å²) >= 11 is 6.16. The Balaban J connectivity index is 1.95. The Hall–Kier alpha value is -0.760. The quantitative estimate of drug-likeness (QED) is 0.626. The average molecular weight is 241 g/mol. The Kier molecular flexibility index (Phi) is 2.55. The molecule has 0 saturated heterocycles. The first-order valence-corrected chi connectivity index (χ1v) is 6.28. The lowest BCUT2D eigenvalue weighted by atomic mass is 9.91. The summed E-state index contributed by atoms with van der Waals surface area (Å²) in [5.41, 5.74) is 1.04. The maximum Gasteiger partial charge on any atom is 0.165 e. The van der Waals surface area contributed by atoms with E-state index in [4.69, 9.17) is 16.3 Å². The zero-order valence-electron chi connectivity index (χ0n) is 8.96. The molecule has 1 nitrogen and oxygen atoms in total. The van der Waals surface area contributed by atoms with E-state index in [0.29, 0.717) is 11.7 Å². The van der Waals surface area contributed by atoms with Gasteiger partial charge in [0.2, 0.25) is 0 Å². The van der Waals surface area contributed by atoms with Crippen LogP contribution in [0.5, 0.6) is 5.75 Å². The van der Waals surface area contributed by atoms with Gasteiger partial charge in [-0.1, -0.05) is 12.1 Å². The SMILES string of the molecule is Fc1cccc2c1OC1CCC(Cl)CCC21. The van der Waals surface area contributed by atoms with Crippen LogP contribution in [0.25, 0.3) is 0 Å². The highest BCUT2D eigenvalue weighted by molar-refractivity contribution is 6.20. The average Bonchev–Trinajstić information content (AvgIpc) is 2.53. The third kappa shape index (κ3) is 1.60. The summed E-state index contributed by atoms with van der Waals surface area (Å²) in [4.78, 5) is 0. The number of rotatable bonds is 0. The molecule has 1 aromatic carbocycles. The highest BCUT2D eigenvalue weighted by Gasteiger charge is 2.37. The minimum absolute atomic E-state index is 0.135. The van der Waals surface area contributed by atoms with E-state index in [1.165, 1.54) is 6.07 Å². The lowest BCUT2D eigenvalue weighted by molar-refractivity contribution is 0.190. The molecular weight excluding hydrogens is 227 g/mol. The van der Waals surface area contributed by atoms with Gasteiger partial charge in [0.05, 0.1) is 0 Å². The summed E-state index contributed by atoms with van der Waals surface area (Å²) in [5.74, 6) is 0.591. The first-order chi connectivity index (χ1) is 7.75. The van der Waals surface area contributed by atoms with Crippen LogP contribution < -0.4 is 4.74 Å². The molecule has 1 heterocycles. The maximum atomic E-state index is 13.6. The van der Waals surface area contributed by atoms with E-state index in [1.807, 2.05) is 6.07 Å². The molecule has 2 aliphatic rings. The van der Waals surface area contributed by atoms with Crippen LogP contribution in [0.1, 0.15) is 37.2 Å². The van der Waals surface area contributed by atoms with Gasteiger partial charge in [0.25, 0.3) is 0 Å². The predicted molar refractivity (Wildman–Crippen MR) is 61.7 cm³/mol. The fourth-order valence-corrected chi connectivity index (χ4v) is 3.08. The number of hydrogen-bond donors (Lipinski definition) is 0. The molecule has 0 aromatic heterocycles. The largest absolute Gasteiger partial charge is 0.486 e. The van der Waals surface area contributed by atoms with E-state index >= 15 is 0 Å². The summed E-state index contributed by atoms with van der Waals surface area (Å²) in [7, 11) is 0. The third-order valence-electron chi connectivity index (χ3n) is 3.67. The van der Waals surface area contributed by atoms with Gasteiger partial charge in [0.15, 0.2) is 11.6 Å². The maximum absolute atomic E-state index is 13.6. The van der Waals surface area contributed by atoms with E-state index in [0.717, 1.165) is 31.2 Å². The molecule has 0 radical (unpaired) electrons. The van der Waals surface area contributed by atoms with Gasteiger partial charge in [-0.2, -0.15) is 0 Å². The van der Waals surface area contributed by atoms with E-state index < -0.39 is 0 Å². The number of fused-ring (bicyclic) bond motifs is 3. The Bertz CT molecular complexity index is 407. The van der Waals surface area contributed by atoms with Crippen molar-refractivity contribution < 1.29 is 9.13 Å². The summed E-state index contributed by atoms with van der Waals surface area (Å²) in [6.45, 7) is 0. The van der Waals surface area contributed by atoms with Gasteiger partial charge in [-0.15, -0.1) is 11.6 Å². The van der Waals surface area contributed by atoms with Crippen LogP contribution in [-0.2, 0) is 0 Å². The van der Waals surface area contributed by atoms with Crippen molar-refractivity contribution in [1.82, 2.24) is 0 Å². The van der Waals surface area contributed by atoms with Crippen molar-refractivity contribution in [2.24, 2.45) is 0 Å². The van der Waals surface area contributed by atoms with Crippen molar-refractivity contribution in [3.8, 4) is 5.75 Å². The molecule has 0 bridgehead atoms. The molecule has 3 heteroatoms. The van der Waals surface area contributed by atoms with Gasteiger partial charge in [0, 0.05) is 16.9 Å². The standard InChI is InChI=1S/C13H14ClFO/c14-8-4-6-9-10-2-1-3-11(15)13(10)16-12(9)7-5-8/h1-3,8-9,12H,4-7H2. The Morgan fingerprint density at radius 3 is 2.88 bits per heavy atom. The van der Waals surface area contributed by atoms with Gasteiger partial charge >= 0.3 is 0 Å². The molecule has 0 spiro atoms. The minimum atomic E-state index is -0.229. The fraction of sp³-hybridized carbons (Fsp3) is 0.538. The molecule has 1 fully saturated rings. The number of alkyl halides is 1. The van der Waals surface area contributed by atoms with Gasteiger partial charge in [0.1, 0.15) is 6.10 Å². The first-order valence-electron chi connectivity index (χ1n) is 5.85. The van der Waals surface area contributed by atoms with Crippen molar-refractivity contribution in [3.05, 3.63) is 29.6 Å². The first kappa shape index (κ1) is 10.4. The summed E-state index contributed by atoms with van der Waals surface area (Å²) < 4.78 is 19.3. The molecule has 16 heavy (non-hydrogen) atoms. The molecule has 0 N–H and O–H groups in total. The van der Waals surface area contributed by atoms with Crippen molar-refractivity contribution in [2.45, 2.75) is 43.1 Å². The predicted octanol–water partition coefficient (Wildman–Crippen LogP) is 3.85. The molecule has 86 valence electrons. The van der Waals surface area contributed by atoms with Gasteiger partial charge in [-0.25, -0.2) is 4.39 Å². The number of para-hydroxylation sites is 1. The molecule has 3 atom stereocenters. The zero-order valence-corrected chi connectivity index (χ0v) is 9.71. The Morgan fingerprint density at radius 2 is 2.00 bits per heavy atom. The zero-order chi connectivity index (χ0) is 11.1. The molecule has 3 unspecified atom stereocenters. The topological polar surface area (TPSA) is 9.23 Å². The van der Waals surface area contributed by atoms with Crippen molar-refractivity contribution >= 4 is 11.6 Å². The highest BCUT2D eigenvalue weighted by atomic mass is 35.5. The summed E-state index contributed by atoms with van der Waals surface area (Å²) in [6.07, 6.45) is 4.05. The van der Waals surface area contributed by atoms with Crippen LogP contribution in [0.15, 0.2) is 18.2 Å². The smallest absolute Gasteiger partial charge is 0.165 e. The highest BCUT2D eigenvalue weighted by Crippen LogP contribution is 2.46. The normalized spacial score (nSPS) is 32.5. The van der Waals surface area contributed by atoms with Crippen molar-refractivity contribution in [1.29, 1.82) is 0 Å². The van der Waals surface area contributed by atoms with Crippen molar-refractivity contribution in [2.75, 3.05) is 0 Å². The number of benzene rings is 1. The van der Waals surface area contributed by atoms with E-state index in [9.17, 15) is 4.39 Å². The minimum Gasteiger partial charge on any atom is -0.486 e.